The Morgan fingerprint density at radius 3 is 2.90 bits per heavy atom. The summed E-state index contributed by atoms with van der Waals surface area (Å²) >= 11 is 9.65. The van der Waals surface area contributed by atoms with Crippen LogP contribution in [0.15, 0.2) is 28.9 Å². The van der Waals surface area contributed by atoms with Crippen molar-refractivity contribution < 1.29 is 0 Å². The lowest BCUT2D eigenvalue weighted by atomic mass is 10.2. The van der Waals surface area contributed by atoms with E-state index in [1.165, 1.54) is 0 Å². The number of aromatic nitrogens is 2. The van der Waals surface area contributed by atoms with Gasteiger partial charge in [-0.1, -0.05) is 24.6 Å². The fraction of sp³-hybridized carbons (Fsp3) is 0.286. The summed E-state index contributed by atoms with van der Waals surface area (Å²) in [5, 5.41) is 6.86. The van der Waals surface area contributed by atoms with Crippen molar-refractivity contribution >= 4 is 45.0 Å². The normalized spacial score (nSPS) is 10.4. The van der Waals surface area contributed by atoms with Gasteiger partial charge in [-0.05, 0) is 47.0 Å². The summed E-state index contributed by atoms with van der Waals surface area (Å²) in [6, 6.07) is 6.05. The third-order valence-corrected chi connectivity index (χ3v) is 3.62. The lowest BCUT2D eigenvalue weighted by molar-refractivity contribution is 0.953. The lowest BCUT2D eigenvalue weighted by Crippen LogP contribution is -2.06. The molecule has 6 heteroatoms. The van der Waals surface area contributed by atoms with E-state index in [-0.39, 0.29) is 0 Å². The zero-order chi connectivity index (χ0) is 14.5. The topological polar surface area (TPSA) is 49.8 Å². The van der Waals surface area contributed by atoms with Gasteiger partial charge in [0.05, 0.1) is 11.9 Å². The largest absolute Gasteiger partial charge is 0.354 e. The number of nitrogens with one attached hydrogen (secondary N) is 2. The van der Waals surface area contributed by atoms with Gasteiger partial charge < -0.3 is 10.6 Å². The number of halogens is 2. The van der Waals surface area contributed by atoms with Gasteiger partial charge in [0.25, 0.3) is 0 Å². The molecule has 4 nitrogen and oxygen atoms in total. The minimum absolute atomic E-state index is 0.487. The summed E-state index contributed by atoms with van der Waals surface area (Å²) in [5.74, 6) is 1.16. The van der Waals surface area contributed by atoms with Gasteiger partial charge in [-0.25, -0.2) is 4.98 Å². The lowest BCUT2D eigenvalue weighted by Gasteiger charge is -2.11. The molecule has 0 saturated carbocycles. The molecule has 0 fully saturated rings. The monoisotopic (exact) mass is 354 g/mol. The molecule has 1 aromatic carbocycles. The summed E-state index contributed by atoms with van der Waals surface area (Å²) in [6.07, 6.45) is 2.61. The molecule has 2 N–H and O–H groups in total. The molecule has 0 aliphatic rings. The Balaban J connectivity index is 2.25. The molecule has 0 amide bonds. The summed E-state index contributed by atoms with van der Waals surface area (Å²) < 4.78 is 0.959. The average molecular weight is 356 g/mol. The first-order valence-electron chi connectivity index (χ1n) is 6.39. The Hall–Kier alpha value is -1.33. The van der Waals surface area contributed by atoms with E-state index in [1.807, 2.05) is 25.1 Å². The molecule has 106 valence electrons. The first-order chi connectivity index (χ1) is 9.60. The van der Waals surface area contributed by atoms with E-state index in [1.54, 1.807) is 6.20 Å². The molecule has 20 heavy (non-hydrogen) atoms. The van der Waals surface area contributed by atoms with Gasteiger partial charge in [0.15, 0.2) is 5.82 Å². The average Bonchev–Trinajstić information content (AvgIpc) is 2.43. The molecule has 1 aromatic heterocycles. The van der Waals surface area contributed by atoms with Crippen molar-refractivity contribution in [1.29, 1.82) is 0 Å². The van der Waals surface area contributed by atoms with E-state index in [2.05, 4.69) is 43.5 Å². The molecule has 0 unspecified atom stereocenters. The second-order valence-electron chi connectivity index (χ2n) is 4.43. The summed E-state index contributed by atoms with van der Waals surface area (Å²) in [5.41, 5.74) is 2.08. The minimum Gasteiger partial charge on any atom is -0.354 e. The maximum absolute atomic E-state index is 6.14. The van der Waals surface area contributed by atoms with E-state index >= 15 is 0 Å². The van der Waals surface area contributed by atoms with E-state index in [4.69, 9.17) is 11.6 Å². The Labute approximate surface area is 132 Å². The molecule has 0 spiro atoms. The number of benzene rings is 1. The third-order valence-electron chi connectivity index (χ3n) is 2.65. The fourth-order valence-corrected chi connectivity index (χ4v) is 2.12. The second kappa shape index (κ2) is 6.90. The van der Waals surface area contributed by atoms with Crippen LogP contribution in [-0.4, -0.2) is 16.5 Å². The highest BCUT2D eigenvalue weighted by molar-refractivity contribution is 9.10. The van der Waals surface area contributed by atoms with Crippen LogP contribution in [-0.2, 0) is 0 Å². The van der Waals surface area contributed by atoms with Gasteiger partial charge in [-0.2, -0.15) is 4.98 Å². The van der Waals surface area contributed by atoms with Crippen molar-refractivity contribution in [3.63, 3.8) is 0 Å². The summed E-state index contributed by atoms with van der Waals surface area (Å²) in [7, 11) is 0. The van der Waals surface area contributed by atoms with Crippen LogP contribution in [0.1, 0.15) is 18.9 Å². The first kappa shape index (κ1) is 15.1. The van der Waals surface area contributed by atoms with E-state index < -0.39 is 0 Å². The first-order valence-corrected chi connectivity index (χ1v) is 7.57. The van der Waals surface area contributed by atoms with Crippen LogP contribution < -0.4 is 10.6 Å². The third kappa shape index (κ3) is 3.84. The van der Waals surface area contributed by atoms with Gasteiger partial charge in [-0.15, -0.1) is 0 Å². The standard InChI is InChI=1S/C14H16BrClN4/c1-3-6-17-14-18-8-11(16)13(20-14)19-12-7-9(2)4-5-10(12)15/h4-5,7-8H,3,6H2,1-2H3,(H2,17,18,19,20). The van der Waals surface area contributed by atoms with Crippen LogP contribution in [0.2, 0.25) is 5.02 Å². The van der Waals surface area contributed by atoms with Gasteiger partial charge in [0, 0.05) is 11.0 Å². The predicted octanol–water partition coefficient (Wildman–Crippen LogP) is 4.77. The smallest absolute Gasteiger partial charge is 0.224 e. The number of rotatable bonds is 5. The van der Waals surface area contributed by atoms with Crippen molar-refractivity contribution in [1.82, 2.24) is 9.97 Å². The van der Waals surface area contributed by atoms with Crippen molar-refractivity contribution in [2.24, 2.45) is 0 Å². The maximum atomic E-state index is 6.14. The molecular formula is C14H16BrClN4. The van der Waals surface area contributed by atoms with Crippen molar-refractivity contribution in [3.8, 4) is 0 Å². The van der Waals surface area contributed by atoms with E-state index in [9.17, 15) is 0 Å². The SMILES string of the molecule is CCCNc1ncc(Cl)c(Nc2cc(C)ccc2Br)n1. The van der Waals surface area contributed by atoms with Crippen LogP contribution in [0.25, 0.3) is 0 Å². The van der Waals surface area contributed by atoms with Gasteiger partial charge >= 0.3 is 0 Å². The highest BCUT2D eigenvalue weighted by Gasteiger charge is 2.08. The molecule has 0 radical (unpaired) electrons. The number of anilines is 3. The van der Waals surface area contributed by atoms with Crippen LogP contribution in [0, 0.1) is 6.92 Å². The zero-order valence-electron chi connectivity index (χ0n) is 11.4. The molecule has 1 heterocycles. The Kier molecular flexibility index (Phi) is 5.20. The number of nitrogens with zero attached hydrogens (tertiary/aromatic N) is 2. The van der Waals surface area contributed by atoms with Gasteiger partial charge in [-0.3, -0.25) is 0 Å². The quantitative estimate of drug-likeness (QED) is 0.811. The molecule has 0 aliphatic heterocycles. The zero-order valence-corrected chi connectivity index (χ0v) is 13.7. The Morgan fingerprint density at radius 1 is 1.35 bits per heavy atom. The van der Waals surface area contributed by atoms with Crippen LogP contribution >= 0.6 is 27.5 Å². The van der Waals surface area contributed by atoms with Crippen LogP contribution in [0.3, 0.4) is 0 Å². The molecule has 0 bridgehead atoms. The van der Waals surface area contributed by atoms with Crippen molar-refractivity contribution in [2.45, 2.75) is 20.3 Å². The summed E-state index contributed by atoms with van der Waals surface area (Å²) in [6.45, 7) is 4.95. The second-order valence-corrected chi connectivity index (χ2v) is 5.69. The highest BCUT2D eigenvalue weighted by Crippen LogP contribution is 2.29. The maximum Gasteiger partial charge on any atom is 0.224 e. The highest BCUT2D eigenvalue weighted by atomic mass is 79.9. The summed E-state index contributed by atoms with van der Waals surface area (Å²) in [4.78, 5) is 8.54. The van der Waals surface area contributed by atoms with Gasteiger partial charge in [0.1, 0.15) is 5.02 Å². The van der Waals surface area contributed by atoms with Gasteiger partial charge in [0.2, 0.25) is 5.95 Å². The number of hydrogen-bond acceptors (Lipinski definition) is 4. The van der Waals surface area contributed by atoms with Crippen molar-refractivity contribution in [2.75, 3.05) is 17.2 Å². The molecular weight excluding hydrogens is 340 g/mol. The van der Waals surface area contributed by atoms with Crippen LogP contribution in [0.5, 0.6) is 0 Å². The predicted molar refractivity (Wildman–Crippen MR) is 88.0 cm³/mol. The van der Waals surface area contributed by atoms with Crippen molar-refractivity contribution in [3.05, 3.63) is 39.5 Å². The minimum atomic E-state index is 0.487. The Bertz CT molecular complexity index is 604. The molecule has 0 atom stereocenters. The molecule has 0 saturated heterocycles. The molecule has 0 aliphatic carbocycles. The van der Waals surface area contributed by atoms with E-state index in [0.717, 1.165) is 28.7 Å². The molecule has 2 aromatic rings. The fourth-order valence-electron chi connectivity index (χ4n) is 1.64. The number of hydrogen-bond donors (Lipinski definition) is 2. The van der Waals surface area contributed by atoms with E-state index in [0.29, 0.717) is 16.8 Å². The number of aryl methyl sites for hydroxylation is 1. The van der Waals surface area contributed by atoms with Crippen LogP contribution in [0.4, 0.5) is 17.5 Å². The Morgan fingerprint density at radius 2 is 2.15 bits per heavy atom. The molecule has 2 rings (SSSR count).